The summed E-state index contributed by atoms with van der Waals surface area (Å²) in [4.78, 5) is 2.29. The zero-order valence-corrected chi connectivity index (χ0v) is 12.7. The Bertz CT molecular complexity index is 389. The van der Waals surface area contributed by atoms with E-state index < -0.39 is 0 Å². The van der Waals surface area contributed by atoms with E-state index in [-0.39, 0.29) is 12.0 Å². The first-order valence-corrected chi connectivity index (χ1v) is 7.60. The van der Waals surface area contributed by atoms with E-state index in [0.29, 0.717) is 6.10 Å². The zero-order valence-electron chi connectivity index (χ0n) is 12.7. The molecule has 2 unspecified atom stereocenters. The van der Waals surface area contributed by atoms with Gasteiger partial charge in [-0.05, 0) is 31.9 Å². The van der Waals surface area contributed by atoms with Crippen LogP contribution in [0.25, 0.3) is 0 Å². The number of nitrogens with zero attached hydrogens (tertiary/aromatic N) is 1. The molecule has 20 heavy (non-hydrogen) atoms. The van der Waals surface area contributed by atoms with Gasteiger partial charge in [0.2, 0.25) is 0 Å². The van der Waals surface area contributed by atoms with Crippen LogP contribution in [0.15, 0.2) is 30.3 Å². The Kier molecular flexibility index (Phi) is 5.58. The van der Waals surface area contributed by atoms with Crippen molar-refractivity contribution in [3.05, 3.63) is 35.9 Å². The zero-order chi connectivity index (χ0) is 14.4. The second-order valence-electron chi connectivity index (χ2n) is 6.27. The minimum Gasteiger partial charge on any atom is -0.395 e. The number of hydrogen-bond acceptors (Lipinski definition) is 3. The lowest BCUT2D eigenvalue weighted by Crippen LogP contribution is -2.43. The van der Waals surface area contributed by atoms with Crippen LogP contribution in [0.1, 0.15) is 31.7 Å². The van der Waals surface area contributed by atoms with E-state index in [9.17, 15) is 5.11 Å². The highest BCUT2D eigenvalue weighted by atomic mass is 16.5. The highest BCUT2D eigenvalue weighted by Gasteiger charge is 2.28. The highest BCUT2D eigenvalue weighted by molar-refractivity contribution is 5.25. The first-order chi connectivity index (χ1) is 9.64. The van der Waals surface area contributed by atoms with E-state index in [1.165, 1.54) is 18.4 Å². The second kappa shape index (κ2) is 7.21. The summed E-state index contributed by atoms with van der Waals surface area (Å²) in [6.07, 6.45) is 3.98. The van der Waals surface area contributed by atoms with Crippen molar-refractivity contribution in [2.45, 2.75) is 37.7 Å². The van der Waals surface area contributed by atoms with E-state index in [1.54, 1.807) is 0 Å². The molecule has 1 aromatic rings. The fourth-order valence-corrected chi connectivity index (χ4v) is 3.03. The van der Waals surface area contributed by atoms with Crippen molar-refractivity contribution in [3.8, 4) is 0 Å². The summed E-state index contributed by atoms with van der Waals surface area (Å²) in [6.45, 7) is 4.97. The molecular formula is C17H27NO2. The molecule has 112 valence electrons. The van der Waals surface area contributed by atoms with Gasteiger partial charge in [0, 0.05) is 25.1 Å². The van der Waals surface area contributed by atoms with Crippen LogP contribution in [-0.2, 0) is 10.2 Å². The third kappa shape index (κ3) is 4.05. The lowest BCUT2D eigenvalue weighted by molar-refractivity contribution is -0.00584. The molecule has 0 amide bonds. The molecule has 1 aliphatic heterocycles. The second-order valence-corrected chi connectivity index (χ2v) is 6.27. The van der Waals surface area contributed by atoms with Gasteiger partial charge in [-0.2, -0.15) is 0 Å². The van der Waals surface area contributed by atoms with Crippen molar-refractivity contribution in [3.63, 3.8) is 0 Å². The number of aliphatic hydroxyl groups is 1. The highest BCUT2D eigenvalue weighted by Crippen LogP contribution is 2.24. The van der Waals surface area contributed by atoms with E-state index >= 15 is 0 Å². The van der Waals surface area contributed by atoms with Crippen LogP contribution < -0.4 is 0 Å². The molecule has 1 saturated heterocycles. The van der Waals surface area contributed by atoms with Crippen molar-refractivity contribution in [2.24, 2.45) is 0 Å². The Hall–Kier alpha value is -0.900. The number of likely N-dealkylation sites (N-methyl/N-ethyl adjacent to an activating group) is 1. The van der Waals surface area contributed by atoms with E-state index in [0.717, 1.165) is 26.1 Å². The third-order valence-corrected chi connectivity index (χ3v) is 4.23. The van der Waals surface area contributed by atoms with Gasteiger partial charge >= 0.3 is 0 Å². The molecule has 3 nitrogen and oxygen atoms in total. The first kappa shape index (κ1) is 15.5. The topological polar surface area (TPSA) is 32.7 Å². The summed E-state index contributed by atoms with van der Waals surface area (Å²) in [5.41, 5.74) is 0.976. The predicted molar refractivity (Wildman–Crippen MR) is 82.0 cm³/mol. The van der Waals surface area contributed by atoms with Gasteiger partial charge in [-0.3, -0.25) is 0 Å². The lowest BCUT2D eigenvalue weighted by Gasteiger charge is -2.35. The van der Waals surface area contributed by atoms with Crippen molar-refractivity contribution in [1.29, 1.82) is 0 Å². The molecule has 0 spiro atoms. The average Bonchev–Trinajstić information content (AvgIpc) is 2.49. The monoisotopic (exact) mass is 277 g/mol. The van der Waals surface area contributed by atoms with Crippen molar-refractivity contribution in [1.82, 2.24) is 4.90 Å². The van der Waals surface area contributed by atoms with Gasteiger partial charge in [-0.15, -0.1) is 0 Å². The maximum absolute atomic E-state index is 9.84. The minimum absolute atomic E-state index is 0.160. The van der Waals surface area contributed by atoms with Crippen LogP contribution >= 0.6 is 0 Å². The number of hydrogen-bond donors (Lipinski definition) is 1. The Morgan fingerprint density at radius 1 is 1.30 bits per heavy atom. The van der Waals surface area contributed by atoms with Gasteiger partial charge in [0.15, 0.2) is 0 Å². The third-order valence-electron chi connectivity index (χ3n) is 4.23. The van der Waals surface area contributed by atoms with Gasteiger partial charge in [0.25, 0.3) is 0 Å². The molecule has 3 heteroatoms. The molecule has 1 aliphatic rings. The van der Waals surface area contributed by atoms with Crippen molar-refractivity contribution < 1.29 is 9.84 Å². The van der Waals surface area contributed by atoms with Gasteiger partial charge in [0.1, 0.15) is 0 Å². The molecule has 1 N–H and O–H groups in total. The number of ether oxygens (including phenoxy) is 1. The normalized spacial score (nSPS) is 22.7. The van der Waals surface area contributed by atoms with Gasteiger partial charge in [-0.25, -0.2) is 0 Å². The van der Waals surface area contributed by atoms with Gasteiger partial charge in [0.05, 0.1) is 12.7 Å². The van der Waals surface area contributed by atoms with Crippen LogP contribution in [-0.4, -0.2) is 49.5 Å². The molecule has 1 aromatic carbocycles. The average molecular weight is 277 g/mol. The minimum atomic E-state index is -0.218. The standard InChI is InChI=1S/C17H27NO2/c1-17(14-19,15-8-4-3-5-9-15)13-18(2)12-16-10-6-7-11-20-16/h3-5,8-9,16,19H,6-7,10-14H2,1-2H3. The quantitative estimate of drug-likeness (QED) is 0.867. The molecule has 0 bridgehead atoms. The van der Waals surface area contributed by atoms with E-state index in [1.807, 2.05) is 18.2 Å². The van der Waals surface area contributed by atoms with E-state index in [2.05, 4.69) is 31.0 Å². The Balaban J connectivity index is 1.94. The maximum atomic E-state index is 9.84. The molecule has 0 aromatic heterocycles. The van der Waals surface area contributed by atoms with Crippen LogP contribution in [0, 0.1) is 0 Å². The molecule has 1 fully saturated rings. The SMILES string of the molecule is CN(CC1CCCCO1)CC(C)(CO)c1ccccc1. The Morgan fingerprint density at radius 2 is 2.05 bits per heavy atom. The molecule has 2 atom stereocenters. The number of rotatable bonds is 6. The predicted octanol–water partition coefficient (Wildman–Crippen LogP) is 2.44. The van der Waals surface area contributed by atoms with Crippen LogP contribution in [0.4, 0.5) is 0 Å². The maximum Gasteiger partial charge on any atom is 0.0701 e. The summed E-state index contributed by atoms with van der Waals surface area (Å²) in [5, 5.41) is 9.84. The summed E-state index contributed by atoms with van der Waals surface area (Å²) in [7, 11) is 2.12. The van der Waals surface area contributed by atoms with Gasteiger partial charge in [-0.1, -0.05) is 37.3 Å². The van der Waals surface area contributed by atoms with Gasteiger partial charge < -0.3 is 14.7 Å². The fourth-order valence-electron chi connectivity index (χ4n) is 3.03. The first-order valence-electron chi connectivity index (χ1n) is 7.60. The molecular weight excluding hydrogens is 250 g/mol. The molecule has 0 radical (unpaired) electrons. The van der Waals surface area contributed by atoms with Crippen LogP contribution in [0.5, 0.6) is 0 Å². The lowest BCUT2D eigenvalue weighted by atomic mass is 9.82. The summed E-state index contributed by atoms with van der Waals surface area (Å²) >= 11 is 0. The summed E-state index contributed by atoms with van der Waals surface area (Å²) < 4.78 is 5.80. The molecule has 2 rings (SSSR count). The largest absolute Gasteiger partial charge is 0.395 e. The molecule has 0 aliphatic carbocycles. The van der Waals surface area contributed by atoms with Crippen LogP contribution in [0.3, 0.4) is 0 Å². The summed E-state index contributed by atoms with van der Waals surface area (Å²) in [5.74, 6) is 0. The number of aliphatic hydroxyl groups excluding tert-OH is 1. The Labute approximate surface area is 122 Å². The molecule has 1 heterocycles. The van der Waals surface area contributed by atoms with Crippen LogP contribution in [0.2, 0.25) is 0 Å². The number of benzene rings is 1. The van der Waals surface area contributed by atoms with Crippen molar-refractivity contribution >= 4 is 0 Å². The van der Waals surface area contributed by atoms with E-state index in [4.69, 9.17) is 4.74 Å². The molecule has 0 saturated carbocycles. The fraction of sp³-hybridized carbons (Fsp3) is 0.647. The van der Waals surface area contributed by atoms with Crippen molar-refractivity contribution in [2.75, 3.05) is 33.4 Å². The summed E-state index contributed by atoms with van der Waals surface area (Å²) in [6, 6.07) is 10.3. The smallest absolute Gasteiger partial charge is 0.0701 e. The Morgan fingerprint density at radius 3 is 2.65 bits per heavy atom.